The Hall–Kier alpha value is -9.14. The van der Waals surface area contributed by atoms with Crippen molar-refractivity contribution in [2.75, 3.05) is 0 Å². The highest BCUT2D eigenvalue weighted by molar-refractivity contribution is 5.77. The summed E-state index contributed by atoms with van der Waals surface area (Å²) in [5.41, 5.74) is 14.3. The van der Waals surface area contributed by atoms with E-state index in [-0.39, 0.29) is 0 Å². The van der Waals surface area contributed by atoms with Crippen LogP contribution in [0.1, 0.15) is 0 Å². The number of pyridine rings is 3. The molecule has 0 N–H and O–H groups in total. The Morgan fingerprint density at radius 3 is 0.939 bits per heavy atom. The van der Waals surface area contributed by atoms with Crippen LogP contribution < -0.4 is 0 Å². The van der Waals surface area contributed by atoms with E-state index in [9.17, 15) is 0 Å². The van der Waals surface area contributed by atoms with Crippen LogP contribution in [-0.4, -0.2) is 39.9 Å². The van der Waals surface area contributed by atoms with E-state index >= 15 is 0 Å². The second-order valence-electron chi connectivity index (χ2n) is 15.7. The summed E-state index contributed by atoms with van der Waals surface area (Å²) < 4.78 is 0. The standard InChI is InChI=1S/C58H38N8/c1-6-16-39(17-7-1)48-34-53(61-54(35-48)50-33-31-47(38-60-50)58-62-51(41-18-8-2-9-19-41)36-52(63-58)42-20-10-3-11-21-42)49-32-30-46(37-59-49)40-26-28-45(29-27-40)57-65-55(43-22-12-4-13-23-43)64-56(66-57)44-24-14-5-15-25-44/h1-38H. The topological polar surface area (TPSA) is 103 Å². The number of aromatic nitrogens is 8. The lowest BCUT2D eigenvalue weighted by molar-refractivity contribution is 1.07. The molecular weight excluding hydrogens is 809 g/mol. The fraction of sp³-hybridized carbons (Fsp3) is 0. The molecule has 0 aliphatic heterocycles. The third-order valence-corrected chi connectivity index (χ3v) is 11.3. The summed E-state index contributed by atoms with van der Waals surface area (Å²) in [7, 11) is 0. The van der Waals surface area contributed by atoms with Crippen molar-refractivity contribution in [1.29, 1.82) is 0 Å². The van der Waals surface area contributed by atoms with Gasteiger partial charge in [0.1, 0.15) is 0 Å². The second kappa shape index (κ2) is 17.9. The average molecular weight is 847 g/mol. The van der Waals surface area contributed by atoms with Gasteiger partial charge in [0.2, 0.25) is 0 Å². The van der Waals surface area contributed by atoms with Crippen LogP contribution in [-0.2, 0) is 0 Å². The van der Waals surface area contributed by atoms with E-state index in [1.807, 2.05) is 164 Å². The van der Waals surface area contributed by atoms with Crippen LogP contribution in [0.2, 0.25) is 0 Å². The van der Waals surface area contributed by atoms with E-state index in [1.165, 1.54) is 0 Å². The Balaban J connectivity index is 0.899. The van der Waals surface area contributed by atoms with Gasteiger partial charge in [-0.2, -0.15) is 0 Å². The van der Waals surface area contributed by atoms with E-state index in [2.05, 4.69) is 66.7 Å². The molecular formula is C58H38N8. The summed E-state index contributed by atoms with van der Waals surface area (Å²) in [5.74, 6) is 2.46. The van der Waals surface area contributed by atoms with Gasteiger partial charge in [0, 0.05) is 51.3 Å². The summed E-state index contributed by atoms with van der Waals surface area (Å²) in [4.78, 5) is 39.7. The molecule has 0 aliphatic carbocycles. The Kier molecular flexibility index (Phi) is 10.8. The maximum absolute atomic E-state index is 5.14. The molecule has 0 atom stereocenters. The lowest BCUT2D eigenvalue weighted by Crippen LogP contribution is -2.00. The maximum Gasteiger partial charge on any atom is 0.164 e. The van der Waals surface area contributed by atoms with Crippen LogP contribution in [0.15, 0.2) is 231 Å². The molecule has 0 radical (unpaired) electrons. The minimum atomic E-state index is 0.597. The zero-order valence-corrected chi connectivity index (χ0v) is 35.5. The van der Waals surface area contributed by atoms with Crippen LogP contribution in [0, 0.1) is 0 Å². The first-order valence-corrected chi connectivity index (χ1v) is 21.7. The number of hydrogen-bond acceptors (Lipinski definition) is 8. The number of hydrogen-bond donors (Lipinski definition) is 0. The van der Waals surface area contributed by atoms with Gasteiger partial charge in [0.25, 0.3) is 0 Å². The predicted octanol–water partition coefficient (Wildman–Crippen LogP) is 13.5. The van der Waals surface area contributed by atoms with Crippen LogP contribution in [0.25, 0.3) is 113 Å². The molecule has 0 amide bonds. The molecule has 5 heterocycles. The molecule has 11 aromatic rings. The van der Waals surface area contributed by atoms with Crippen molar-refractivity contribution in [2.45, 2.75) is 0 Å². The number of rotatable bonds is 10. The third kappa shape index (κ3) is 8.50. The molecule has 8 nitrogen and oxygen atoms in total. The zero-order valence-electron chi connectivity index (χ0n) is 35.5. The molecule has 0 bridgehead atoms. The molecule has 5 aromatic heterocycles. The Morgan fingerprint density at radius 1 is 0.182 bits per heavy atom. The minimum absolute atomic E-state index is 0.597. The van der Waals surface area contributed by atoms with Gasteiger partial charge in [0.05, 0.1) is 34.2 Å². The summed E-state index contributed by atoms with van der Waals surface area (Å²) in [6.07, 6.45) is 3.72. The van der Waals surface area contributed by atoms with Crippen molar-refractivity contribution in [3.63, 3.8) is 0 Å². The van der Waals surface area contributed by atoms with Crippen LogP contribution in [0.3, 0.4) is 0 Å². The Labute approximate surface area is 382 Å². The average Bonchev–Trinajstić information content (AvgIpc) is 3.42. The Bertz CT molecular complexity index is 3290. The third-order valence-electron chi connectivity index (χ3n) is 11.3. The number of nitrogens with zero attached hydrogens (tertiary/aromatic N) is 8. The first kappa shape index (κ1) is 39.7. The lowest BCUT2D eigenvalue weighted by atomic mass is 10.0. The largest absolute Gasteiger partial charge is 0.254 e. The van der Waals surface area contributed by atoms with Gasteiger partial charge in [-0.3, -0.25) is 9.97 Å². The minimum Gasteiger partial charge on any atom is -0.254 e. The van der Waals surface area contributed by atoms with Crippen LogP contribution in [0.5, 0.6) is 0 Å². The molecule has 0 aliphatic rings. The second-order valence-corrected chi connectivity index (χ2v) is 15.7. The van der Waals surface area contributed by atoms with Gasteiger partial charge in [-0.05, 0) is 53.1 Å². The van der Waals surface area contributed by atoms with Crippen molar-refractivity contribution in [3.05, 3.63) is 231 Å². The summed E-state index contributed by atoms with van der Waals surface area (Å²) in [6, 6.07) is 73.2. The molecule has 6 aromatic carbocycles. The molecule has 310 valence electrons. The van der Waals surface area contributed by atoms with Gasteiger partial charge in [-0.1, -0.05) is 182 Å². The summed E-state index contributed by atoms with van der Waals surface area (Å²) >= 11 is 0. The molecule has 11 rings (SSSR count). The van der Waals surface area contributed by atoms with Crippen molar-refractivity contribution in [3.8, 4) is 113 Å². The van der Waals surface area contributed by atoms with E-state index in [4.69, 9.17) is 39.9 Å². The van der Waals surface area contributed by atoms with Crippen molar-refractivity contribution in [1.82, 2.24) is 39.9 Å². The van der Waals surface area contributed by atoms with E-state index in [1.54, 1.807) is 0 Å². The van der Waals surface area contributed by atoms with E-state index < -0.39 is 0 Å². The molecule has 8 heteroatoms. The van der Waals surface area contributed by atoms with Crippen LogP contribution in [0.4, 0.5) is 0 Å². The van der Waals surface area contributed by atoms with Crippen molar-refractivity contribution >= 4 is 0 Å². The molecule has 66 heavy (non-hydrogen) atoms. The van der Waals surface area contributed by atoms with Gasteiger partial charge in [0.15, 0.2) is 23.3 Å². The fourth-order valence-corrected chi connectivity index (χ4v) is 7.82. The first-order chi connectivity index (χ1) is 32.7. The highest BCUT2D eigenvalue weighted by Crippen LogP contribution is 2.33. The lowest BCUT2D eigenvalue weighted by Gasteiger charge is -2.11. The molecule has 0 fully saturated rings. The smallest absolute Gasteiger partial charge is 0.164 e. The fourth-order valence-electron chi connectivity index (χ4n) is 7.82. The van der Waals surface area contributed by atoms with E-state index in [0.717, 1.165) is 89.8 Å². The quantitative estimate of drug-likeness (QED) is 0.134. The molecule has 0 saturated heterocycles. The van der Waals surface area contributed by atoms with Gasteiger partial charge < -0.3 is 0 Å². The zero-order chi connectivity index (χ0) is 44.1. The number of benzene rings is 6. The van der Waals surface area contributed by atoms with Gasteiger partial charge in [-0.15, -0.1) is 0 Å². The molecule has 0 unspecified atom stereocenters. The van der Waals surface area contributed by atoms with E-state index in [0.29, 0.717) is 23.3 Å². The van der Waals surface area contributed by atoms with Gasteiger partial charge in [-0.25, -0.2) is 29.9 Å². The summed E-state index contributed by atoms with van der Waals surface area (Å²) in [5, 5.41) is 0. The normalized spacial score (nSPS) is 11.0. The first-order valence-electron chi connectivity index (χ1n) is 21.7. The highest BCUT2D eigenvalue weighted by atomic mass is 15.0. The van der Waals surface area contributed by atoms with Crippen molar-refractivity contribution < 1.29 is 0 Å². The Morgan fingerprint density at radius 2 is 0.515 bits per heavy atom. The highest BCUT2D eigenvalue weighted by Gasteiger charge is 2.16. The molecule has 0 spiro atoms. The maximum atomic E-state index is 5.14. The van der Waals surface area contributed by atoms with Crippen LogP contribution >= 0.6 is 0 Å². The SMILES string of the molecule is c1ccc(-c2cc(-c3ccc(-c4ccc(-c5nc(-c6ccccc6)nc(-c6ccccc6)n5)cc4)cn3)nc(-c3ccc(-c4nc(-c5ccccc5)cc(-c5ccccc5)n4)cn3)c2)cc1. The van der Waals surface area contributed by atoms with Crippen molar-refractivity contribution in [2.24, 2.45) is 0 Å². The predicted molar refractivity (Wildman–Crippen MR) is 263 cm³/mol. The monoisotopic (exact) mass is 846 g/mol. The molecule has 0 saturated carbocycles. The summed E-state index contributed by atoms with van der Waals surface area (Å²) in [6.45, 7) is 0. The van der Waals surface area contributed by atoms with Gasteiger partial charge >= 0.3 is 0 Å².